The van der Waals surface area contributed by atoms with E-state index in [4.69, 9.17) is 4.74 Å². The third kappa shape index (κ3) is 3.81. The maximum Gasteiger partial charge on any atom is 0.271 e. The first-order valence-electron chi connectivity index (χ1n) is 8.39. The van der Waals surface area contributed by atoms with Crippen LogP contribution in [-0.4, -0.2) is 48.5 Å². The van der Waals surface area contributed by atoms with Gasteiger partial charge in [0.1, 0.15) is 11.4 Å². The van der Waals surface area contributed by atoms with Crippen LogP contribution in [0.1, 0.15) is 22.1 Å². The Bertz CT molecular complexity index is 911. The maximum atomic E-state index is 12.5. The van der Waals surface area contributed by atoms with Crippen LogP contribution in [0.25, 0.3) is 11.0 Å². The van der Waals surface area contributed by atoms with Gasteiger partial charge in [0.25, 0.3) is 5.91 Å². The molecule has 0 bridgehead atoms. The fourth-order valence-corrected chi connectivity index (χ4v) is 2.86. The summed E-state index contributed by atoms with van der Waals surface area (Å²) in [6, 6.07) is 15.3. The number of ether oxygens (including phenoxy) is 1. The van der Waals surface area contributed by atoms with E-state index in [9.17, 15) is 4.79 Å². The lowest BCUT2D eigenvalue weighted by Gasteiger charge is -2.26. The number of hydrogen-bond donors (Lipinski definition) is 1. The van der Waals surface area contributed by atoms with Crippen LogP contribution in [-0.2, 0) is 0 Å². The number of aromatic nitrogens is 2. The van der Waals surface area contributed by atoms with Gasteiger partial charge in [-0.2, -0.15) is 0 Å². The van der Waals surface area contributed by atoms with Crippen LogP contribution in [0.3, 0.4) is 0 Å². The molecule has 1 amide bonds. The third-order valence-electron chi connectivity index (χ3n) is 4.26. The molecule has 1 unspecified atom stereocenters. The molecule has 6 nitrogen and oxygen atoms in total. The Kier molecular flexibility index (Phi) is 5.43. The Morgan fingerprint density at radius 3 is 2.54 bits per heavy atom. The van der Waals surface area contributed by atoms with Crippen molar-refractivity contribution in [2.24, 2.45) is 0 Å². The average molecular weight is 350 g/mol. The zero-order valence-corrected chi connectivity index (χ0v) is 15.1. The van der Waals surface area contributed by atoms with E-state index in [-0.39, 0.29) is 11.9 Å². The highest BCUT2D eigenvalue weighted by atomic mass is 16.5. The van der Waals surface area contributed by atoms with Crippen LogP contribution in [0.2, 0.25) is 0 Å². The number of rotatable bonds is 6. The quantitative estimate of drug-likeness (QED) is 0.740. The van der Waals surface area contributed by atoms with Gasteiger partial charge in [0.2, 0.25) is 0 Å². The van der Waals surface area contributed by atoms with Crippen LogP contribution in [0, 0.1) is 0 Å². The van der Waals surface area contributed by atoms with Crippen molar-refractivity contribution in [3.8, 4) is 5.75 Å². The summed E-state index contributed by atoms with van der Waals surface area (Å²) >= 11 is 0. The Morgan fingerprint density at radius 2 is 1.81 bits per heavy atom. The zero-order valence-electron chi connectivity index (χ0n) is 15.1. The molecule has 134 valence electrons. The van der Waals surface area contributed by atoms with Crippen LogP contribution in [0.15, 0.2) is 54.7 Å². The molecular weight excluding hydrogens is 328 g/mol. The fraction of sp³-hybridized carbons (Fsp3) is 0.250. The SMILES string of the molecule is COc1ccccc1C(CNC(=O)c1cnc2ccccc2n1)N(C)C. The Balaban J connectivity index is 1.77. The first kappa shape index (κ1) is 17.8. The number of benzene rings is 2. The molecule has 1 heterocycles. The van der Waals surface area contributed by atoms with E-state index < -0.39 is 0 Å². The predicted octanol–water partition coefficient (Wildman–Crippen LogP) is 2.67. The Labute approximate surface area is 152 Å². The van der Waals surface area contributed by atoms with E-state index in [1.54, 1.807) is 7.11 Å². The first-order valence-corrected chi connectivity index (χ1v) is 8.39. The molecule has 6 heteroatoms. The van der Waals surface area contributed by atoms with Gasteiger partial charge in [-0.25, -0.2) is 4.98 Å². The third-order valence-corrected chi connectivity index (χ3v) is 4.26. The number of carbonyl (C=O) groups is 1. The van der Waals surface area contributed by atoms with Gasteiger partial charge < -0.3 is 15.0 Å². The van der Waals surface area contributed by atoms with Crippen LogP contribution >= 0.6 is 0 Å². The zero-order chi connectivity index (χ0) is 18.5. The normalized spacial score (nSPS) is 12.2. The second-order valence-corrected chi connectivity index (χ2v) is 6.18. The number of fused-ring (bicyclic) bond motifs is 1. The lowest BCUT2D eigenvalue weighted by molar-refractivity contribution is 0.0936. The van der Waals surface area contributed by atoms with Gasteiger partial charge in [0.15, 0.2) is 0 Å². The van der Waals surface area contributed by atoms with Crippen molar-refractivity contribution in [1.29, 1.82) is 0 Å². The summed E-state index contributed by atoms with van der Waals surface area (Å²) in [5.41, 5.74) is 2.80. The van der Waals surface area contributed by atoms with Crippen LogP contribution in [0.5, 0.6) is 5.75 Å². The van der Waals surface area contributed by atoms with Gasteiger partial charge >= 0.3 is 0 Å². The van der Waals surface area contributed by atoms with Gasteiger partial charge in [-0.3, -0.25) is 9.78 Å². The number of nitrogens with one attached hydrogen (secondary N) is 1. The maximum absolute atomic E-state index is 12.5. The standard InChI is InChI=1S/C20H22N4O2/c1-24(2)18(14-8-4-7-11-19(14)26-3)13-22-20(25)17-12-21-15-9-5-6-10-16(15)23-17/h4-12,18H,13H2,1-3H3,(H,22,25). The molecular formula is C20H22N4O2. The summed E-state index contributed by atoms with van der Waals surface area (Å²) in [7, 11) is 5.59. The summed E-state index contributed by atoms with van der Waals surface area (Å²) < 4.78 is 5.45. The molecule has 0 radical (unpaired) electrons. The average Bonchev–Trinajstić information content (AvgIpc) is 2.67. The summed E-state index contributed by atoms with van der Waals surface area (Å²) in [6.07, 6.45) is 1.51. The van der Waals surface area contributed by atoms with Gasteiger partial charge in [-0.05, 0) is 32.3 Å². The molecule has 0 spiro atoms. The molecule has 1 N–H and O–H groups in total. The Hall–Kier alpha value is -2.99. The van der Waals surface area contributed by atoms with Crippen LogP contribution in [0.4, 0.5) is 0 Å². The molecule has 1 atom stereocenters. The predicted molar refractivity (Wildman–Crippen MR) is 101 cm³/mol. The van der Waals surface area contributed by atoms with E-state index >= 15 is 0 Å². The number of methoxy groups -OCH3 is 1. The molecule has 3 aromatic rings. The fourth-order valence-electron chi connectivity index (χ4n) is 2.86. The van der Waals surface area contributed by atoms with Gasteiger partial charge in [0.05, 0.1) is 30.4 Å². The molecule has 0 aliphatic rings. The molecule has 0 saturated carbocycles. The summed E-state index contributed by atoms with van der Waals surface area (Å²) in [5, 5.41) is 2.96. The molecule has 0 saturated heterocycles. The summed E-state index contributed by atoms with van der Waals surface area (Å²) in [4.78, 5) is 23.3. The minimum Gasteiger partial charge on any atom is -0.496 e. The van der Waals surface area contributed by atoms with Crippen molar-refractivity contribution in [3.63, 3.8) is 0 Å². The minimum absolute atomic E-state index is 0.0245. The van der Waals surface area contributed by atoms with E-state index in [1.165, 1.54) is 6.20 Å². The molecule has 0 fully saturated rings. The largest absolute Gasteiger partial charge is 0.496 e. The van der Waals surface area contributed by atoms with Crippen molar-refractivity contribution in [2.75, 3.05) is 27.7 Å². The number of likely N-dealkylation sites (N-methyl/N-ethyl adjacent to an activating group) is 1. The van der Waals surface area contributed by atoms with E-state index in [1.807, 2.05) is 67.5 Å². The van der Waals surface area contributed by atoms with E-state index in [0.29, 0.717) is 17.8 Å². The highest BCUT2D eigenvalue weighted by Crippen LogP contribution is 2.27. The highest BCUT2D eigenvalue weighted by Gasteiger charge is 2.20. The van der Waals surface area contributed by atoms with E-state index in [2.05, 4.69) is 15.3 Å². The molecule has 2 aromatic carbocycles. The van der Waals surface area contributed by atoms with Crippen molar-refractivity contribution >= 4 is 16.9 Å². The molecule has 3 rings (SSSR count). The van der Waals surface area contributed by atoms with Crippen molar-refractivity contribution in [2.45, 2.75) is 6.04 Å². The smallest absolute Gasteiger partial charge is 0.271 e. The topological polar surface area (TPSA) is 67.3 Å². The van der Waals surface area contributed by atoms with Crippen molar-refractivity contribution in [3.05, 3.63) is 66.0 Å². The number of hydrogen-bond acceptors (Lipinski definition) is 5. The second kappa shape index (κ2) is 7.93. The molecule has 26 heavy (non-hydrogen) atoms. The monoisotopic (exact) mass is 350 g/mol. The van der Waals surface area contributed by atoms with Crippen molar-refractivity contribution in [1.82, 2.24) is 20.2 Å². The van der Waals surface area contributed by atoms with Crippen molar-refractivity contribution < 1.29 is 9.53 Å². The van der Waals surface area contributed by atoms with Crippen LogP contribution < -0.4 is 10.1 Å². The Morgan fingerprint density at radius 1 is 1.12 bits per heavy atom. The summed E-state index contributed by atoms with van der Waals surface area (Å²) in [5.74, 6) is 0.552. The number of carbonyl (C=O) groups excluding carboxylic acids is 1. The first-order chi connectivity index (χ1) is 12.6. The lowest BCUT2D eigenvalue weighted by atomic mass is 10.0. The van der Waals surface area contributed by atoms with Gasteiger partial charge in [-0.15, -0.1) is 0 Å². The highest BCUT2D eigenvalue weighted by molar-refractivity contribution is 5.93. The minimum atomic E-state index is -0.245. The lowest BCUT2D eigenvalue weighted by Crippen LogP contribution is -2.35. The second-order valence-electron chi connectivity index (χ2n) is 6.18. The molecule has 0 aliphatic heterocycles. The van der Waals surface area contributed by atoms with E-state index in [0.717, 1.165) is 16.8 Å². The van der Waals surface area contributed by atoms with Gasteiger partial charge in [-0.1, -0.05) is 30.3 Å². The summed E-state index contributed by atoms with van der Waals surface area (Å²) in [6.45, 7) is 0.431. The molecule has 0 aliphatic carbocycles. The number of nitrogens with zero attached hydrogens (tertiary/aromatic N) is 3. The number of para-hydroxylation sites is 3. The molecule has 1 aromatic heterocycles. The van der Waals surface area contributed by atoms with Gasteiger partial charge in [0, 0.05) is 12.1 Å². The number of amides is 1.